The lowest BCUT2D eigenvalue weighted by Crippen LogP contribution is -2.54. The van der Waals surface area contributed by atoms with Crippen molar-refractivity contribution in [2.75, 3.05) is 13.2 Å². The SMILES string of the molecule is CC(C)N(Cc1ccccc1)C(=O)COC(=O)CNC(=O)C12CC3CC(CC(C3)C1)C2. The number of hydrogen-bond donors (Lipinski definition) is 1. The Balaban J connectivity index is 1.24. The topological polar surface area (TPSA) is 75.7 Å². The van der Waals surface area contributed by atoms with Crippen molar-refractivity contribution in [2.45, 2.75) is 65.0 Å². The fourth-order valence-electron chi connectivity index (χ4n) is 6.34. The summed E-state index contributed by atoms with van der Waals surface area (Å²) in [6, 6.07) is 9.73. The zero-order valence-electron chi connectivity index (χ0n) is 18.6. The van der Waals surface area contributed by atoms with Crippen LogP contribution in [0.4, 0.5) is 0 Å². The normalized spacial score (nSPS) is 28.4. The third-order valence-corrected chi connectivity index (χ3v) is 7.41. The van der Waals surface area contributed by atoms with Crippen molar-refractivity contribution in [3.05, 3.63) is 35.9 Å². The molecule has 2 amide bonds. The smallest absolute Gasteiger partial charge is 0.325 e. The molecule has 0 aliphatic heterocycles. The quantitative estimate of drug-likeness (QED) is 0.647. The van der Waals surface area contributed by atoms with E-state index in [0.717, 1.165) is 24.8 Å². The highest BCUT2D eigenvalue weighted by Crippen LogP contribution is 2.60. The number of ether oxygens (including phenoxy) is 1. The van der Waals surface area contributed by atoms with Gasteiger partial charge in [0.15, 0.2) is 6.61 Å². The Morgan fingerprint density at radius 3 is 2.16 bits per heavy atom. The minimum absolute atomic E-state index is 0.00256. The molecule has 0 spiro atoms. The molecule has 0 heterocycles. The average Bonchev–Trinajstić information content (AvgIpc) is 2.73. The Hall–Kier alpha value is -2.37. The molecule has 4 fully saturated rings. The molecule has 4 saturated carbocycles. The summed E-state index contributed by atoms with van der Waals surface area (Å²) in [5.74, 6) is 1.23. The number of hydrogen-bond acceptors (Lipinski definition) is 4. The van der Waals surface area contributed by atoms with Crippen LogP contribution in [0.2, 0.25) is 0 Å². The maximum absolute atomic E-state index is 12.9. The van der Waals surface area contributed by atoms with Gasteiger partial charge in [0.2, 0.25) is 5.91 Å². The van der Waals surface area contributed by atoms with Crippen LogP contribution in [0.15, 0.2) is 30.3 Å². The maximum Gasteiger partial charge on any atom is 0.325 e. The number of esters is 1. The lowest BCUT2D eigenvalue weighted by Gasteiger charge is -2.55. The first-order valence-electron chi connectivity index (χ1n) is 11.6. The number of nitrogens with one attached hydrogen (secondary N) is 1. The number of amides is 2. The second-order valence-electron chi connectivity index (χ2n) is 10.1. The molecule has 6 nitrogen and oxygen atoms in total. The molecule has 0 radical (unpaired) electrons. The van der Waals surface area contributed by atoms with Gasteiger partial charge in [-0.25, -0.2) is 0 Å². The number of carbonyl (C=O) groups excluding carboxylic acids is 3. The first-order valence-corrected chi connectivity index (χ1v) is 11.6. The van der Waals surface area contributed by atoms with Crippen molar-refractivity contribution in [3.63, 3.8) is 0 Å². The monoisotopic (exact) mass is 426 g/mol. The van der Waals surface area contributed by atoms with Crippen LogP contribution in [0.3, 0.4) is 0 Å². The fraction of sp³-hybridized carbons (Fsp3) is 0.640. The van der Waals surface area contributed by atoms with E-state index in [0.29, 0.717) is 24.3 Å². The summed E-state index contributed by atoms with van der Waals surface area (Å²) in [7, 11) is 0. The summed E-state index contributed by atoms with van der Waals surface area (Å²) in [5, 5.41) is 2.82. The van der Waals surface area contributed by atoms with E-state index in [9.17, 15) is 14.4 Å². The first kappa shape index (κ1) is 21.8. The molecule has 0 saturated heterocycles. The summed E-state index contributed by atoms with van der Waals surface area (Å²) in [6.07, 6.45) is 6.69. The van der Waals surface area contributed by atoms with Gasteiger partial charge in [-0.05, 0) is 75.7 Å². The zero-order valence-corrected chi connectivity index (χ0v) is 18.6. The molecule has 1 aromatic carbocycles. The predicted molar refractivity (Wildman–Crippen MR) is 117 cm³/mol. The van der Waals surface area contributed by atoms with E-state index in [1.807, 2.05) is 44.2 Å². The van der Waals surface area contributed by atoms with Crippen molar-refractivity contribution >= 4 is 17.8 Å². The summed E-state index contributed by atoms with van der Waals surface area (Å²) in [5.41, 5.74) is 0.744. The Morgan fingerprint density at radius 1 is 1.03 bits per heavy atom. The Labute approximate surface area is 184 Å². The van der Waals surface area contributed by atoms with Crippen molar-refractivity contribution < 1.29 is 19.1 Å². The molecular weight excluding hydrogens is 392 g/mol. The number of rotatable bonds is 8. The molecule has 0 unspecified atom stereocenters. The molecule has 4 bridgehead atoms. The highest BCUT2D eigenvalue weighted by Gasteiger charge is 2.54. The molecule has 0 aromatic heterocycles. The van der Waals surface area contributed by atoms with E-state index >= 15 is 0 Å². The molecule has 1 aromatic rings. The summed E-state index contributed by atoms with van der Waals surface area (Å²) < 4.78 is 5.20. The second kappa shape index (κ2) is 9.01. The van der Waals surface area contributed by atoms with Crippen molar-refractivity contribution in [1.29, 1.82) is 0 Å². The third-order valence-electron chi connectivity index (χ3n) is 7.41. The third kappa shape index (κ3) is 4.94. The average molecular weight is 427 g/mol. The minimum atomic E-state index is -0.560. The number of benzene rings is 1. The van der Waals surface area contributed by atoms with Crippen LogP contribution in [0.25, 0.3) is 0 Å². The van der Waals surface area contributed by atoms with E-state index in [1.165, 1.54) is 19.3 Å². The molecule has 31 heavy (non-hydrogen) atoms. The van der Waals surface area contributed by atoms with Gasteiger partial charge in [0.1, 0.15) is 6.54 Å². The van der Waals surface area contributed by atoms with Gasteiger partial charge >= 0.3 is 5.97 Å². The minimum Gasteiger partial charge on any atom is -0.454 e. The van der Waals surface area contributed by atoms with Crippen LogP contribution in [-0.4, -0.2) is 41.9 Å². The number of nitrogens with zero attached hydrogens (tertiary/aromatic N) is 1. The highest BCUT2D eigenvalue weighted by molar-refractivity contribution is 5.87. The maximum atomic E-state index is 12.9. The van der Waals surface area contributed by atoms with Gasteiger partial charge in [-0.1, -0.05) is 30.3 Å². The van der Waals surface area contributed by atoms with Gasteiger partial charge in [0, 0.05) is 18.0 Å². The second-order valence-corrected chi connectivity index (χ2v) is 10.1. The van der Waals surface area contributed by atoms with Crippen LogP contribution in [-0.2, 0) is 25.7 Å². The number of carbonyl (C=O) groups is 3. The molecule has 4 aliphatic carbocycles. The van der Waals surface area contributed by atoms with E-state index in [1.54, 1.807) is 4.90 Å². The lowest BCUT2D eigenvalue weighted by atomic mass is 9.49. The lowest BCUT2D eigenvalue weighted by molar-refractivity contribution is -0.155. The van der Waals surface area contributed by atoms with Crippen LogP contribution in [0.1, 0.15) is 57.9 Å². The standard InChI is InChI=1S/C25H34N2O4/c1-17(2)27(15-18-6-4-3-5-7-18)22(28)16-31-23(29)14-26-24(30)25-11-19-8-20(12-25)10-21(9-19)13-25/h3-7,17,19-21H,8-16H2,1-2H3,(H,26,30). The largest absolute Gasteiger partial charge is 0.454 e. The summed E-state index contributed by atoms with van der Waals surface area (Å²) >= 11 is 0. The van der Waals surface area contributed by atoms with Gasteiger partial charge in [-0.15, -0.1) is 0 Å². The molecule has 168 valence electrons. The molecule has 4 aliphatic rings. The van der Waals surface area contributed by atoms with Gasteiger partial charge < -0.3 is 15.0 Å². The Bertz CT molecular complexity index is 785. The Kier molecular flexibility index (Phi) is 6.35. The molecule has 1 N–H and O–H groups in total. The molecule has 6 heteroatoms. The molecule has 0 atom stereocenters. The van der Waals surface area contributed by atoms with Gasteiger partial charge in [0.25, 0.3) is 5.91 Å². The van der Waals surface area contributed by atoms with Gasteiger partial charge in [0.05, 0.1) is 0 Å². The van der Waals surface area contributed by atoms with Crippen LogP contribution >= 0.6 is 0 Å². The van der Waals surface area contributed by atoms with E-state index in [2.05, 4.69) is 5.32 Å². The van der Waals surface area contributed by atoms with Crippen molar-refractivity contribution in [3.8, 4) is 0 Å². The Morgan fingerprint density at radius 2 is 1.61 bits per heavy atom. The predicted octanol–water partition coefficient (Wildman–Crippen LogP) is 3.30. The fourth-order valence-corrected chi connectivity index (χ4v) is 6.34. The van der Waals surface area contributed by atoms with E-state index in [4.69, 9.17) is 4.74 Å². The van der Waals surface area contributed by atoms with E-state index < -0.39 is 5.97 Å². The van der Waals surface area contributed by atoms with E-state index in [-0.39, 0.29) is 36.4 Å². The summed E-state index contributed by atoms with van der Waals surface area (Å²) in [4.78, 5) is 39.5. The van der Waals surface area contributed by atoms with Gasteiger partial charge in [-0.2, -0.15) is 0 Å². The molecule has 5 rings (SSSR count). The van der Waals surface area contributed by atoms with Crippen molar-refractivity contribution in [1.82, 2.24) is 10.2 Å². The van der Waals surface area contributed by atoms with Crippen molar-refractivity contribution in [2.24, 2.45) is 23.2 Å². The van der Waals surface area contributed by atoms with Crippen LogP contribution in [0.5, 0.6) is 0 Å². The highest BCUT2D eigenvalue weighted by atomic mass is 16.5. The molecular formula is C25H34N2O4. The first-order chi connectivity index (χ1) is 14.8. The zero-order chi connectivity index (χ0) is 22.0. The van der Waals surface area contributed by atoms with Crippen LogP contribution < -0.4 is 5.32 Å². The van der Waals surface area contributed by atoms with Crippen LogP contribution in [0, 0.1) is 23.2 Å². The van der Waals surface area contributed by atoms with Gasteiger partial charge in [-0.3, -0.25) is 14.4 Å². The summed E-state index contributed by atoms with van der Waals surface area (Å²) in [6.45, 7) is 3.87.